The second-order valence-corrected chi connectivity index (χ2v) is 9.95. The van der Waals surface area contributed by atoms with Crippen LogP contribution in [-0.4, -0.2) is 0 Å². The van der Waals surface area contributed by atoms with E-state index < -0.39 is 0 Å². The molecule has 3 nitrogen and oxygen atoms in total. The average Bonchev–Trinajstić information content (AvgIpc) is 3.01. The Labute approximate surface area is 243 Å². The normalized spacial score (nSPS) is 11.4. The van der Waals surface area contributed by atoms with Crippen molar-refractivity contribution in [3.63, 3.8) is 0 Å². The zero-order valence-electron chi connectivity index (χ0n) is 21.6. The van der Waals surface area contributed by atoms with Gasteiger partial charge in [0.25, 0.3) is 0 Å². The van der Waals surface area contributed by atoms with E-state index in [0.717, 1.165) is 32.7 Å². The highest BCUT2D eigenvalue weighted by Gasteiger charge is 2.12. The molecular weight excluding hydrogens is 554 g/mol. The van der Waals surface area contributed by atoms with Crippen molar-refractivity contribution in [2.75, 3.05) is 4.90 Å². The Morgan fingerprint density at radius 2 is 0.875 bits per heavy atom. The fourth-order valence-corrected chi connectivity index (χ4v) is 4.70. The minimum Gasteiger partial charge on any atom is -0.311 e. The summed E-state index contributed by atoms with van der Waals surface area (Å²) in [5, 5.41) is 19.6. The van der Waals surface area contributed by atoms with E-state index in [1.54, 1.807) is 0 Å². The van der Waals surface area contributed by atoms with Gasteiger partial charge in [0.2, 0.25) is 0 Å². The third-order valence-electron chi connectivity index (χ3n) is 6.45. The number of halogens is 1. The van der Waals surface area contributed by atoms with Crippen LogP contribution in [0.3, 0.4) is 0 Å². The number of nitrogens with zero attached hydrogens (tertiary/aromatic N) is 3. The number of nitriles is 2. The van der Waals surface area contributed by atoms with Gasteiger partial charge in [-0.05, 0) is 70.8 Å². The second-order valence-electron chi connectivity index (χ2n) is 9.03. The summed E-state index contributed by atoms with van der Waals surface area (Å²) in [7, 11) is 0. The minimum atomic E-state index is 0.359. The summed E-state index contributed by atoms with van der Waals surface area (Å²) in [5.74, 6) is 0. The topological polar surface area (TPSA) is 50.8 Å². The lowest BCUT2D eigenvalue weighted by Crippen LogP contribution is -2.09. The molecule has 0 aliphatic carbocycles. The standard InChI is InChI=1S/C36H24BrN3/c37-31-21-19-30(20-22-31)36(26-39)35(25-38)29-17-13-27(14-18-29)11-12-28-15-23-34(24-16-28)40(32-7-3-1-4-8-32)33-9-5-2-6-10-33/h1-24H/b12-11?,36-35+. The highest BCUT2D eigenvalue weighted by Crippen LogP contribution is 2.34. The number of rotatable bonds is 7. The van der Waals surface area contributed by atoms with E-state index in [1.165, 1.54) is 0 Å². The van der Waals surface area contributed by atoms with Crippen LogP contribution in [0.4, 0.5) is 17.1 Å². The first kappa shape index (κ1) is 26.4. The fourth-order valence-electron chi connectivity index (χ4n) is 4.44. The molecule has 0 aromatic heterocycles. The lowest BCUT2D eigenvalue weighted by molar-refractivity contribution is 1.28. The Kier molecular flexibility index (Phi) is 8.32. The van der Waals surface area contributed by atoms with Crippen molar-refractivity contribution in [2.45, 2.75) is 0 Å². The summed E-state index contributed by atoms with van der Waals surface area (Å²) in [5.41, 5.74) is 7.50. The molecule has 0 heterocycles. The zero-order chi connectivity index (χ0) is 27.7. The van der Waals surface area contributed by atoms with E-state index in [9.17, 15) is 10.5 Å². The van der Waals surface area contributed by atoms with Crippen molar-refractivity contribution in [2.24, 2.45) is 0 Å². The first-order valence-corrected chi connectivity index (χ1v) is 13.5. The zero-order valence-corrected chi connectivity index (χ0v) is 23.2. The van der Waals surface area contributed by atoms with Gasteiger partial charge in [0.1, 0.15) is 12.1 Å². The summed E-state index contributed by atoms with van der Waals surface area (Å²) in [6.45, 7) is 0. The molecule has 40 heavy (non-hydrogen) atoms. The van der Waals surface area contributed by atoms with Crippen LogP contribution >= 0.6 is 15.9 Å². The van der Waals surface area contributed by atoms with Crippen LogP contribution in [0.25, 0.3) is 23.3 Å². The van der Waals surface area contributed by atoms with Gasteiger partial charge < -0.3 is 4.90 Å². The molecule has 0 unspecified atom stereocenters. The molecular formula is C36H24BrN3. The van der Waals surface area contributed by atoms with Crippen molar-refractivity contribution < 1.29 is 0 Å². The SMILES string of the molecule is N#C/C(=C(/C#N)c1ccc(C=Cc2ccc(N(c3ccccc3)c3ccccc3)cc2)cc1)c1ccc(Br)cc1. The Balaban J connectivity index is 1.36. The molecule has 5 rings (SSSR count). The first-order chi connectivity index (χ1) is 19.7. The molecule has 0 saturated heterocycles. The van der Waals surface area contributed by atoms with Crippen molar-refractivity contribution >= 4 is 56.3 Å². The molecule has 5 aromatic carbocycles. The number of para-hydroxylation sites is 2. The number of allylic oxidation sites excluding steroid dienone is 2. The van der Waals surface area contributed by atoms with Crippen LogP contribution in [0.15, 0.2) is 138 Å². The molecule has 0 atom stereocenters. The van der Waals surface area contributed by atoms with E-state index in [0.29, 0.717) is 22.3 Å². The molecule has 0 radical (unpaired) electrons. The van der Waals surface area contributed by atoms with Crippen molar-refractivity contribution in [1.29, 1.82) is 10.5 Å². The average molecular weight is 579 g/mol. The van der Waals surface area contributed by atoms with Crippen LogP contribution in [-0.2, 0) is 0 Å². The van der Waals surface area contributed by atoms with Gasteiger partial charge in [0, 0.05) is 21.5 Å². The van der Waals surface area contributed by atoms with Crippen LogP contribution in [0.1, 0.15) is 22.3 Å². The summed E-state index contributed by atoms with van der Waals surface area (Å²) in [6, 6.07) is 48.6. The van der Waals surface area contributed by atoms with Gasteiger partial charge >= 0.3 is 0 Å². The van der Waals surface area contributed by atoms with E-state index in [1.807, 2.05) is 91.0 Å². The van der Waals surface area contributed by atoms with Crippen LogP contribution in [0, 0.1) is 22.7 Å². The van der Waals surface area contributed by atoms with Gasteiger partial charge in [-0.2, -0.15) is 10.5 Å². The summed E-state index contributed by atoms with van der Waals surface area (Å²) in [4.78, 5) is 2.23. The fraction of sp³-hybridized carbons (Fsp3) is 0. The molecule has 0 bridgehead atoms. The highest BCUT2D eigenvalue weighted by molar-refractivity contribution is 9.10. The molecule has 0 saturated carbocycles. The molecule has 0 N–H and O–H groups in total. The Morgan fingerprint density at radius 1 is 0.500 bits per heavy atom. The molecule has 0 aliphatic heterocycles. The van der Waals surface area contributed by atoms with Crippen molar-refractivity contribution in [1.82, 2.24) is 0 Å². The van der Waals surface area contributed by atoms with Gasteiger partial charge in [0.05, 0.1) is 11.1 Å². The third-order valence-corrected chi connectivity index (χ3v) is 6.98. The maximum Gasteiger partial charge on any atom is 0.101 e. The Morgan fingerprint density at radius 3 is 1.30 bits per heavy atom. The molecule has 190 valence electrons. The molecule has 0 aliphatic rings. The van der Waals surface area contributed by atoms with Gasteiger partial charge in [-0.1, -0.05) is 113 Å². The summed E-state index contributed by atoms with van der Waals surface area (Å²) < 4.78 is 0.919. The molecule has 5 aromatic rings. The maximum atomic E-state index is 9.84. The van der Waals surface area contributed by atoms with Crippen molar-refractivity contribution in [3.05, 3.63) is 160 Å². The maximum absolute atomic E-state index is 9.84. The molecule has 4 heteroatoms. The number of hydrogen-bond donors (Lipinski definition) is 0. The van der Waals surface area contributed by atoms with Gasteiger partial charge in [0.15, 0.2) is 0 Å². The number of anilines is 3. The molecule has 0 amide bonds. The van der Waals surface area contributed by atoms with E-state index in [4.69, 9.17) is 0 Å². The lowest BCUT2D eigenvalue weighted by Gasteiger charge is -2.25. The van der Waals surface area contributed by atoms with E-state index in [-0.39, 0.29) is 0 Å². The van der Waals surface area contributed by atoms with Crippen molar-refractivity contribution in [3.8, 4) is 12.1 Å². The number of benzene rings is 5. The van der Waals surface area contributed by atoms with Crippen LogP contribution in [0.2, 0.25) is 0 Å². The molecule has 0 fully saturated rings. The third kappa shape index (κ3) is 6.11. The lowest BCUT2D eigenvalue weighted by atomic mass is 9.95. The van der Waals surface area contributed by atoms with Gasteiger partial charge in [-0.25, -0.2) is 0 Å². The summed E-state index contributed by atoms with van der Waals surface area (Å²) in [6.07, 6.45) is 4.11. The Bertz CT molecular complexity index is 1680. The van der Waals surface area contributed by atoms with Crippen LogP contribution < -0.4 is 4.90 Å². The second kappa shape index (κ2) is 12.6. The van der Waals surface area contributed by atoms with Crippen LogP contribution in [0.5, 0.6) is 0 Å². The molecule has 0 spiro atoms. The quantitative estimate of drug-likeness (QED) is 0.143. The largest absolute Gasteiger partial charge is 0.311 e. The summed E-state index contributed by atoms with van der Waals surface area (Å²) >= 11 is 3.41. The van der Waals surface area contributed by atoms with Gasteiger partial charge in [-0.3, -0.25) is 0 Å². The predicted molar refractivity (Wildman–Crippen MR) is 169 cm³/mol. The predicted octanol–water partition coefficient (Wildman–Crippen LogP) is 10.0. The Hall–Kier alpha value is -5.16. The van der Waals surface area contributed by atoms with Gasteiger partial charge in [-0.15, -0.1) is 0 Å². The monoisotopic (exact) mass is 577 g/mol. The van der Waals surface area contributed by atoms with E-state index in [2.05, 4.69) is 87.6 Å². The van der Waals surface area contributed by atoms with E-state index >= 15 is 0 Å². The number of hydrogen-bond acceptors (Lipinski definition) is 3. The highest BCUT2D eigenvalue weighted by atomic mass is 79.9. The first-order valence-electron chi connectivity index (χ1n) is 12.8. The smallest absolute Gasteiger partial charge is 0.101 e. The minimum absolute atomic E-state index is 0.359.